The molecule has 0 spiro atoms. The van der Waals surface area contributed by atoms with E-state index < -0.39 is 0 Å². The van der Waals surface area contributed by atoms with Gasteiger partial charge in [-0.2, -0.15) is 0 Å². The molecule has 0 radical (unpaired) electrons. The minimum Gasteiger partial charge on any atom is -0.472 e. The van der Waals surface area contributed by atoms with Crippen molar-refractivity contribution in [2.75, 3.05) is 13.3 Å². The second kappa shape index (κ2) is 4.56. The fourth-order valence-corrected chi connectivity index (χ4v) is 0.683. The number of hydrogen-bond acceptors (Lipinski definition) is 4. The molecule has 0 bridgehead atoms. The Morgan fingerprint density at radius 1 is 1.75 bits per heavy atom. The van der Waals surface area contributed by atoms with Crippen molar-refractivity contribution in [2.45, 2.75) is 6.92 Å². The van der Waals surface area contributed by atoms with Crippen LogP contribution in [0.15, 0.2) is 23.0 Å². The molecule has 0 aromatic carbocycles. The predicted octanol–water partition coefficient (Wildman–Crippen LogP) is 1.00. The van der Waals surface area contributed by atoms with Gasteiger partial charge in [0.25, 0.3) is 0 Å². The van der Waals surface area contributed by atoms with E-state index in [4.69, 9.17) is 9.15 Å². The molecule has 0 amide bonds. The van der Waals surface area contributed by atoms with Gasteiger partial charge in [0.15, 0.2) is 0 Å². The number of esters is 1. The summed E-state index contributed by atoms with van der Waals surface area (Å²) in [5.74, 6) is -0.371. The van der Waals surface area contributed by atoms with Crippen LogP contribution < -0.4 is 5.32 Å². The average Bonchev–Trinajstić information content (AvgIpc) is 2.56. The van der Waals surface area contributed by atoms with Crippen LogP contribution in [0.2, 0.25) is 0 Å². The zero-order chi connectivity index (χ0) is 8.81. The Hall–Kier alpha value is -1.29. The van der Waals surface area contributed by atoms with Gasteiger partial charge in [0.05, 0.1) is 11.8 Å². The molecule has 1 rings (SSSR count). The van der Waals surface area contributed by atoms with Crippen LogP contribution >= 0.6 is 0 Å². The number of carbonyl (C=O) groups is 1. The van der Waals surface area contributed by atoms with Crippen molar-refractivity contribution >= 4 is 5.97 Å². The maximum absolute atomic E-state index is 11.1. The lowest BCUT2D eigenvalue weighted by Crippen LogP contribution is -2.19. The number of hydrogen-bond donors (Lipinski definition) is 1. The summed E-state index contributed by atoms with van der Waals surface area (Å²) in [7, 11) is 0. The van der Waals surface area contributed by atoms with Crippen LogP contribution in [0.4, 0.5) is 0 Å². The molecule has 0 unspecified atom stereocenters. The summed E-state index contributed by atoms with van der Waals surface area (Å²) < 4.78 is 9.54. The standard InChI is InChI=1S/C8H11NO3/c1-2-9-6-12-8(10)7-3-4-11-5-7/h3-5,9H,2,6H2,1H3. The molecular formula is C8H11NO3. The summed E-state index contributed by atoms with van der Waals surface area (Å²) in [5.41, 5.74) is 0.438. The van der Waals surface area contributed by atoms with Gasteiger partial charge in [0.1, 0.15) is 13.0 Å². The first-order valence-electron chi connectivity index (χ1n) is 3.74. The third-order valence-electron chi connectivity index (χ3n) is 1.31. The minimum absolute atomic E-state index is 0.237. The van der Waals surface area contributed by atoms with Crippen molar-refractivity contribution in [1.29, 1.82) is 0 Å². The van der Waals surface area contributed by atoms with Gasteiger partial charge in [-0.05, 0) is 12.6 Å². The van der Waals surface area contributed by atoms with Gasteiger partial charge in [-0.25, -0.2) is 4.79 Å². The first-order valence-corrected chi connectivity index (χ1v) is 3.74. The normalized spacial score (nSPS) is 9.75. The molecule has 0 aliphatic heterocycles. The highest BCUT2D eigenvalue weighted by molar-refractivity contribution is 5.88. The number of nitrogens with one attached hydrogen (secondary N) is 1. The molecule has 4 heteroatoms. The largest absolute Gasteiger partial charge is 0.472 e. The molecule has 0 aliphatic rings. The molecule has 0 saturated heterocycles. The number of ether oxygens (including phenoxy) is 1. The van der Waals surface area contributed by atoms with E-state index in [9.17, 15) is 4.79 Å². The number of rotatable bonds is 4. The van der Waals surface area contributed by atoms with Gasteiger partial charge in [-0.15, -0.1) is 0 Å². The van der Waals surface area contributed by atoms with Crippen LogP contribution in [0.3, 0.4) is 0 Å². The molecule has 0 saturated carbocycles. The third-order valence-corrected chi connectivity index (χ3v) is 1.31. The van der Waals surface area contributed by atoms with Crippen LogP contribution in [0.5, 0.6) is 0 Å². The van der Waals surface area contributed by atoms with Crippen LogP contribution in [-0.4, -0.2) is 19.2 Å². The number of furan rings is 1. The first kappa shape index (κ1) is 8.80. The SMILES string of the molecule is CCNCOC(=O)c1ccoc1. The molecule has 1 N–H and O–H groups in total. The minimum atomic E-state index is -0.371. The molecule has 12 heavy (non-hydrogen) atoms. The third kappa shape index (κ3) is 2.39. The Kier molecular flexibility index (Phi) is 3.35. The molecule has 1 heterocycles. The Morgan fingerprint density at radius 2 is 2.58 bits per heavy atom. The highest BCUT2D eigenvalue weighted by atomic mass is 16.5. The second-order valence-electron chi connectivity index (χ2n) is 2.19. The summed E-state index contributed by atoms with van der Waals surface area (Å²) >= 11 is 0. The molecule has 4 nitrogen and oxygen atoms in total. The van der Waals surface area contributed by atoms with E-state index in [1.165, 1.54) is 12.5 Å². The van der Waals surface area contributed by atoms with Crippen molar-refractivity contribution in [3.8, 4) is 0 Å². The van der Waals surface area contributed by atoms with Gasteiger partial charge in [-0.3, -0.25) is 5.32 Å². The summed E-state index contributed by atoms with van der Waals surface area (Å²) in [6, 6.07) is 1.56. The van der Waals surface area contributed by atoms with Crippen molar-refractivity contribution in [1.82, 2.24) is 5.32 Å². The van der Waals surface area contributed by atoms with Gasteiger partial charge in [0.2, 0.25) is 0 Å². The van der Waals surface area contributed by atoms with E-state index in [0.717, 1.165) is 6.54 Å². The van der Waals surface area contributed by atoms with Gasteiger partial charge < -0.3 is 9.15 Å². The van der Waals surface area contributed by atoms with Crippen molar-refractivity contribution in [3.63, 3.8) is 0 Å². The second-order valence-corrected chi connectivity index (χ2v) is 2.19. The topological polar surface area (TPSA) is 51.5 Å². The molecule has 0 aliphatic carbocycles. The summed E-state index contributed by atoms with van der Waals surface area (Å²) in [6.45, 7) is 2.95. The molecule has 66 valence electrons. The Balaban J connectivity index is 2.30. The lowest BCUT2D eigenvalue weighted by atomic mass is 10.3. The Morgan fingerprint density at radius 3 is 3.17 bits per heavy atom. The monoisotopic (exact) mass is 169 g/mol. The highest BCUT2D eigenvalue weighted by Gasteiger charge is 2.06. The zero-order valence-corrected chi connectivity index (χ0v) is 6.87. The smallest absolute Gasteiger partial charge is 0.342 e. The molecular weight excluding hydrogens is 158 g/mol. The molecule has 1 aromatic rings. The van der Waals surface area contributed by atoms with Crippen LogP contribution in [-0.2, 0) is 4.74 Å². The Labute approximate surface area is 70.5 Å². The fraction of sp³-hybridized carbons (Fsp3) is 0.375. The molecule has 1 aromatic heterocycles. The molecule has 0 atom stereocenters. The summed E-state index contributed by atoms with van der Waals surface area (Å²) in [4.78, 5) is 11.1. The van der Waals surface area contributed by atoms with Crippen molar-refractivity contribution < 1.29 is 13.9 Å². The Bertz CT molecular complexity index is 230. The summed E-state index contributed by atoms with van der Waals surface area (Å²) in [5, 5.41) is 2.87. The van der Waals surface area contributed by atoms with Gasteiger partial charge in [0, 0.05) is 0 Å². The van der Waals surface area contributed by atoms with Crippen LogP contribution in [0.25, 0.3) is 0 Å². The van der Waals surface area contributed by atoms with E-state index in [0.29, 0.717) is 5.56 Å². The maximum Gasteiger partial charge on any atom is 0.342 e. The van der Waals surface area contributed by atoms with Gasteiger partial charge in [-0.1, -0.05) is 6.92 Å². The maximum atomic E-state index is 11.1. The number of carbonyl (C=O) groups excluding carboxylic acids is 1. The lowest BCUT2D eigenvalue weighted by Gasteiger charge is -2.01. The summed E-state index contributed by atoms with van der Waals surface area (Å²) in [6.07, 6.45) is 2.79. The van der Waals surface area contributed by atoms with E-state index in [2.05, 4.69) is 5.32 Å². The van der Waals surface area contributed by atoms with Gasteiger partial charge >= 0.3 is 5.97 Å². The highest BCUT2D eigenvalue weighted by Crippen LogP contribution is 2.01. The van der Waals surface area contributed by atoms with Crippen molar-refractivity contribution in [2.24, 2.45) is 0 Å². The van der Waals surface area contributed by atoms with E-state index in [1.54, 1.807) is 6.07 Å². The molecule has 0 fully saturated rings. The lowest BCUT2D eigenvalue weighted by molar-refractivity contribution is 0.0474. The van der Waals surface area contributed by atoms with Crippen molar-refractivity contribution in [3.05, 3.63) is 24.2 Å². The average molecular weight is 169 g/mol. The van der Waals surface area contributed by atoms with E-state index in [-0.39, 0.29) is 12.7 Å². The zero-order valence-electron chi connectivity index (χ0n) is 6.87. The van der Waals surface area contributed by atoms with Crippen LogP contribution in [0, 0.1) is 0 Å². The first-order chi connectivity index (χ1) is 5.84. The van der Waals surface area contributed by atoms with E-state index in [1.807, 2.05) is 6.92 Å². The van der Waals surface area contributed by atoms with Crippen LogP contribution in [0.1, 0.15) is 17.3 Å². The fourth-order valence-electron chi connectivity index (χ4n) is 0.683. The van der Waals surface area contributed by atoms with E-state index >= 15 is 0 Å². The quantitative estimate of drug-likeness (QED) is 0.415. The predicted molar refractivity (Wildman–Crippen MR) is 42.7 cm³/mol.